The van der Waals surface area contributed by atoms with E-state index in [0.29, 0.717) is 22.3 Å². The molecule has 6 nitrogen and oxygen atoms in total. The van der Waals surface area contributed by atoms with Crippen molar-refractivity contribution < 1.29 is 14.3 Å². The van der Waals surface area contributed by atoms with Gasteiger partial charge in [-0.2, -0.15) is 0 Å². The average Bonchev–Trinajstić information content (AvgIpc) is 3.34. The number of anilines is 1. The molecule has 27 heavy (non-hydrogen) atoms. The molecule has 0 fully saturated rings. The second kappa shape index (κ2) is 7.89. The molecule has 1 atom stereocenters. The Balaban J connectivity index is 1.35. The number of fused-ring (bicyclic) bond motifs is 1. The third-order valence-electron chi connectivity index (χ3n) is 4.15. The lowest BCUT2D eigenvalue weighted by atomic mass is 10.0. The van der Waals surface area contributed by atoms with Crippen LogP contribution in [0.4, 0.5) is 5.13 Å². The molecule has 0 bridgehead atoms. The van der Waals surface area contributed by atoms with Crippen molar-refractivity contribution >= 4 is 39.6 Å². The first kappa shape index (κ1) is 17.7. The quantitative estimate of drug-likeness (QED) is 0.686. The fourth-order valence-corrected chi connectivity index (χ4v) is 4.24. The summed E-state index contributed by atoms with van der Waals surface area (Å²) in [6.07, 6.45) is 0.910. The summed E-state index contributed by atoms with van der Waals surface area (Å²) >= 11 is 2.69. The summed E-state index contributed by atoms with van der Waals surface area (Å²) in [5.41, 5.74) is 1.64. The third-order valence-corrected chi connectivity index (χ3v) is 5.83. The molecule has 0 saturated carbocycles. The van der Waals surface area contributed by atoms with Gasteiger partial charge >= 0.3 is 0 Å². The highest BCUT2D eigenvalue weighted by molar-refractivity contribution is 7.14. The Morgan fingerprint density at radius 3 is 2.93 bits per heavy atom. The number of hydrogen-bond acceptors (Lipinski definition) is 6. The minimum Gasteiger partial charge on any atom is -0.493 e. The number of thiophene rings is 1. The molecule has 1 aromatic carbocycles. The smallest absolute Gasteiger partial charge is 0.267 e. The number of nitrogens with one attached hydrogen (secondary N) is 2. The van der Waals surface area contributed by atoms with Gasteiger partial charge in [-0.05, 0) is 17.5 Å². The number of carbonyl (C=O) groups excluding carboxylic acids is 2. The number of ether oxygens (including phenoxy) is 1. The summed E-state index contributed by atoms with van der Waals surface area (Å²) in [4.78, 5) is 29.5. The third kappa shape index (κ3) is 4.17. The van der Waals surface area contributed by atoms with Crippen LogP contribution >= 0.6 is 22.7 Å². The lowest BCUT2D eigenvalue weighted by Crippen LogP contribution is -2.33. The number of para-hydroxylation sites is 1. The van der Waals surface area contributed by atoms with E-state index in [0.717, 1.165) is 17.7 Å². The highest BCUT2D eigenvalue weighted by Crippen LogP contribution is 2.31. The standard InChI is InChI=1S/C19H17N3O3S2/c23-17(21-14-7-8-25-15-5-2-1-4-13(14)15)10-12-11-27-19(20-12)22-18(24)16-6-3-9-26-16/h1-6,9,11,14H,7-8,10H2,(H,21,23)(H,20,22,24)/t14-/m0/s1. The first-order valence-corrected chi connectivity index (χ1v) is 10.3. The molecule has 8 heteroatoms. The van der Waals surface area contributed by atoms with Crippen LogP contribution in [-0.4, -0.2) is 23.4 Å². The minimum absolute atomic E-state index is 0.0564. The molecule has 4 rings (SSSR count). The Morgan fingerprint density at radius 2 is 2.07 bits per heavy atom. The van der Waals surface area contributed by atoms with Crippen LogP contribution in [0.15, 0.2) is 47.2 Å². The molecule has 0 unspecified atom stereocenters. The molecule has 3 heterocycles. The fraction of sp³-hybridized carbons (Fsp3) is 0.211. The molecule has 0 radical (unpaired) electrons. The van der Waals surface area contributed by atoms with Gasteiger partial charge in [0.05, 0.1) is 29.6 Å². The molecule has 1 aliphatic heterocycles. The maximum absolute atomic E-state index is 12.4. The molecular weight excluding hydrogens is 382 g/mol. The number of carbonyl (C=O) groups is 2. The molecule has 0 spiro atoms. The largest absolute Gasteiger partial charge is 0.493 e. The Bertz CT molecular complexity index is 953. The molecule has 1 aliphatic rings. The zero-order valence-corrected chi connectivity index (χ0v) is 15.9. The average molecular weight is 399 g/mol. The highest BCUT2D eigenvalue weighted by atomic mass is 32.1. The van der Waals surface area contributed by atoms with E-state index >= 15 is 0 Å². The number of amides is 2. The van der Waals surface area contributed by atoms with Gasteiger partial charge in [-0.25, -0.2) is 4.98 Å². The maximum atomic E-state index is 12.4. The first-order chi connectivity index (χ1) is 13.2. The number of benzene rings is 1. The molecule has 2 N–H and O–H groups in total. The van der Waals surface area contributed by atoms with E-state index < -0.39 is 0 Å². The van der Waals surface area contributed by atoms with Gasteiger partial charge < -0.3 is 10.1 Å². The number of hydrogen-bond donors (Lipinski definition) is 2. The van der Waals surface area contributed by atoms with E-state index in [1.165, 1.54) is 22.7 Å². The predicted molar refractivity (Wildman–Crippen MR) is 106 cm³/mol. The van der Waals surface area contributed by atoms with Gasteiger partial charge in [0.15, 0.2) is 5.13 Å². The summed E-state index contributed by atoms with van der Waals surface area (Å²) in [7, 11) is 0. The fourth-order valence-electron chi connectivity index (χ4n) is 2.91. The summed E-state index contributed by atoms with van der Waals surface area (Å²) < 4.78 is 5.62. The summed E-state index contributed by atoms with van der Waals surface area (Å²) in [6.45, 7) is 0.581. The zero-order chi connectivity index (χ0) is 18.6. The van der Waals surface area contributed by atoms with Crippen molar-refractivity contribution in [1.82, 2.24) is 10.3 Å². The van der Waals surface area contributed by atoms with Gasteiger partial charge in [-0.1, -0.05) is 24.3 Å². The van der Waals surface area contributed by atoms with Gasteiger partial charge in [0.25, 0.3) is 5.91 Å². The van der Waals surface area contributed by atoms with Gasteiger partial charge in [0, 0.05) is 17.4 Å². The van der Waals surface area contributed by atoms with Crippen LogP contribution < -0.4 is 15.4 Å². The molecule has 3 aromatic rings. The number of nitrogens with zero attached hydrogens (tertiary/aromatic N) is 1. The van der Waals surface area contributed by atoms with Crippen molar-refractivity contribution in [2.75, 3.05) is 11.9 Å². The number of aromatic nitrogens is 1. The molecule has 2 amide bonds. The SMILES string of the molecule is O=C(Cc1csc(NC(=O)c2cccs2)n1)N[C@H]1CCOc2ccccc21. The minimum atomic E-state index is -0.186. The van der Waals surface area contributed by atoms with E-state index in [4.69, 9.17) is 4.74 Å². The van der Waals surface area contributed by atoms with E-state index in [9.17, 15) is 9.59 Å². The van der Waals surface area contributed by atoms with Crippen LogP contribution in [0.5, 0.6) is 5.75 Å². The van der Waals surface area contributed by atoms with Gasteiger partial charge in [-0.3, -0.25) is 14.9 Å². The number of thiazole rings is 1. The van der Waals surface area contributed by atoms with Gasteiger partial charge in [0.1, 0.15) is 5.75 Å². The van der Waals surface area contributed by atoms with Crippen molar-refractivity contribution in [2.24, 2.45) is 0 Å². The van der Waals surface area contributed by atoms with Crippen molar-refractivity contribution in [2.45, 2.75) is 18.9 Å². The second-order valence-electron chi connectivity index (χ2n) is 6.05. The Kier molecular flexibility index (Phi) is 5.17. The van der Waals surface area contributed by atoms with Gasteiger partial charge in [0.2, 0.25) is 5.91 Å². The van der Waals surface area contributed by atoms with Crippen LogP contribution in [0, 0.1) is 0 Å². The Morgan fingerprint density at radius 1 is 1.19 bits per heavy atom. The normalized spacial score (nSPS) is 15.5. The van der Waals surface area contributed by atoms with Gasteiger partial charge in [-0.15, -0.1) is 22.7 Å². The summed E-state index contributed by atoms with van der Waals surface area (Å²) in [5.74, 6) is 0.536. The predicted octanol–water partition coefficient (Wildman–Crippen LogP) is 3.64. The van der Waals surface area contributed by atoms with Crippen molar-refractivity contribution in [3.8, 4) is 5.75 Å². The Hall–Kier alpha value is -2.71. The van der Waals surface area contributed by atoms with Crippen molar-refractivity contribution in [3.63, 3.8) is 0 Å². The topological polar surface area (TPSA) is 80.3 Å². The van der Waals surface area contributed by atoms with Crippen LogP contribution in [0.3, 0.4) is 0 Å². The van der Waals surface area contributed by atoms with E-state index in [1.54, 1.807) is 11.4 Å². The van der Waals surface area contributed by atoms with Crippen molar-refractivity contribution in [3.05, 3.63) is 63.3 Å². The van der Waals surface area contributed by atoms with Crippen molar-refractivity contribution in [1.29, 1.82) is 0 Å². The highest BCUT2D eigenvalue weighted by Gasteiger charge is 2.23. The van der Waals surface area contributed by atoms with Crippen LogP contribution in [0.1, 0.15) is 33.4 Å². The molecule has 0 aliphatic carbocycles. The van der Waals surface area contributed by atoms with Crippen LogP contribution in [-0.2, 0) is 11.2 Å². The lowest BCUT2D eigenvalue weighted by Gasteiger charge is -2.26. The monoisotopic (exact) mass is 399 g/mol. The summed E-state index contributed by atoms with van der Waals surface area (Å²) in [6, 6.07) is 11.3. The van der Waals surface area contributed by atoms with E-state index in [2.05, 4.69) is 15.6 Å². The number of rotatable bonds is 5. The van der Waals surface area contributed by atoms with E-state index in [-0.39, 0.29) is 24.3 Å². The molecule has 138 valence electrons. The zero-order valence-electron chi connectivity index (χ0n) is 14.3. The summed E-state index contributed by atoms with van der Waals surface area (Å²) in [5, 5.41) is 9.95. The maximum Gasteiger partial charge on any atom is 0.267 e. The molecule has 2 aromatic heterocycles. The second-order valence-corrected chi connectivity index (χ2v) is 7.85. The van der Waals surface area contributed by atoms with Crippen LogP contribution in [0.2, 0.25) is 0 Å². The molecule has 0 saturated heterocycles. The van der Waals surface area contributed by atoms with Crippen LogP contribution in [0.25, 0.3) is 0 Å². The van der Waals surface area contributed by atoms with E-state index in [1.807, 2.05) is 35.7 Å². The lowest BCUT2D eigenvalue weighted by molar-refractivity contribution is -0.121. The first-order valence-electron chi connectivity index (χ1n) is 8.49. The Labute approximate surface area is 164 Å². The molecular formula is C19H17N3O3S2.